The van der Waals surface area contributed by atoms with Crippen LogP contribution in [0.4, 0.5) is 68.8 Å². The van der Waals surface area contributed by atoms with Crippen molar-refractivity contribution in [2.75, 3.05) is 46.2 Å². The van der Waals surface area contributed by atoms with E-state index in [0.29, 0.717) is 34.3 Å². The Balaban J connectivity index is 0.000000111. The van der Waals surface area contributed by atoms with Gasteiger partial charge in [-0.1, -0.05) is 48.5 Å². The number of hydrogen-bond acceptors (Lipinski definition) is 20. The summed E-state index contributed by atoms with van der Waals surface area (Å²) in [4.78, 5) is 52.9. The summed E-state index contributed by atoms with van der Waals surface area (Å²) in [5.74, 6) is 2.96. The number of furan rings is 4. The lowest BCUT2D eigenvalue weighted by Gasteiger charge is -2.33. The molecule has 110 heavy (non-hydrogen) atoms. The predicted molar refractivity (Wildman–Crippen MR) is 449 cm³/mol. The summed E-state index contributed by atoms with van der Waals surface area (Å²) in [6.45, 7) is 33.4. The van der Waals surface area contributed by atoms with Gasteiger partial charge in [-0.15, -0.1) is 0 Å². The number of nitrogens with zero attached hydrogens (tertiary/aromatic N) is 16. The highest BCUT2D eigenvalue weighted by atomic mass is 16.4. The molecule has 4 aliphatic rings. The molecule has 20 heteroatoms. The fourth-order valence-electron chi connectivity index (χ4n) is 16.8. The van der Waals surface area contributed by atoms with Crippen LogP contribution in [0.2, 0.25) is 0 Å². The third-order valence-corrected chi connectivity index (χ3v) is 21.7. The minimum absolute atomic E-state index is 0.0837. The number of fused-ring (bicyclic) bond motifs is 16. The van der Waals surface area contributed by atoms with Gasteiger partial charge in [-0.05, 0) is 244 Å². The van der Waals surface area contributed by atoms with E-state index in [2.05, 4.69) is 157 Å². The molecule has 4 aromatic carbocycles. The molecule has 16 aromatic rings. The smallest absolute Gasteiger partial charge is 0.227 e. The average Bonchev–Trinajstić information content (AvgIpc) is 1.58. The van der Waals surface area contributed by atoms with Crippen LogP contribution in [-0.4, -0.2) is 89.6 Å². The van der Waals surface area contributed by atoms with E-state index in [1.165, 1.54) is 4.90 Å². The molecule has 4 unspecified atom stereocenters. The van der Waals surface area contributed by atoms with Gasteiger partial charge in [0.05, 0.1) is 49.6 Å². The highest BCUT2D eigenvalue weighted by Gasteiger charge is 2.43. The van der Waals surface area contributed by atoms with E-state index in [4.69, 9.17) is 35.9 Å². The Kier molecular flexibility index (Phi) is 15.7. The van der Waals surface area contributed by atoms with Gasteiger partial charge < -0.3 is 56.9 Å². The second-order valence-electron chi connectivity index (χ2n) is 29.8. The maximum absolute atomic E-state index is 8.71. The van der Waals surface area contributed by atoms with Crippen molar-refractivity contribution < 1.29 is 25.9 Å². The number of pyridine rings is 8. The molecule has 0 amide bonds. The molecule has 0 N–H and O–H groups in total. The van der Waals surface area contributed by atoms with Crippen molar-refractivity contribution in [3.8, 4) is 0 Å². The fourth-order valence-corrected chi connectivity index (χ4v) is 16.8. The summed E-state index contributed by atoms with van der Waals surface area (Å²) in [6.07, 6.45) is 6.30. The standard InChI is InChI=1S/3C23H24N4O.C21H20N4O/c1-13(2)26-16(5)27(19-7-6-12-24-22(19)26)20-14(3)8-10-17-18-11-9-15(4)25-23(18)28-21(17)20;2*1-13(2)26-16(5)27(22-19(26)7-6-12-24-22)20-14(3)8-10-17-18-11-9-15(4)25-23(18)28-21(17)20;1-12-7-9-15-16-10-8-13(2)23-21(16)26-19(15)18(12)25-14(3)24(4)20-17(25)6-5-11-22-20/h3*6-13,16H,1-5H3;5-11,14H,1-4H3/i3*13D;4D3. The van der Waals surface area contributed by atoms with Gasteiger partial charge in [-0.25, -0.2) is 39.9 Å². The predicted octanol–water partition coefficient (Wildman–Crippen LogP) is 22.0. The Morgan fingerprint density at radius 3 is 0.909 bits per heavy atom. The van der Waals surface area contributed by atoms with Gasteiger partial charge in [0.1, 0.15) is 24.7 Å². The lowest BCUT2D eigenvalue weighted by molar-refractivity contribution is 0.597. The summed E-state index contributed by atoms with van der Waals surface area (Å²) in [7, 11) is 0. The first-order chi connectivity index (χ1) is 55.1. The van der Waals surface area contributed by atoms with Crippen molar-refractivity contribution in [2.24, 2.45) is 0 Å². The highest BCUT2D eigenvalue weighted by Crippen LogP contribution is 2.53. The van der Waals surface area contributed by atoms with Gasteiger partial charge in [0.2, 0.25) is 22.9 Å². The van der Waals surface area contributed by atoms with Gasteiger partial charge in [0, 0.05) is 120 Å². The van der Waals surface area contributed by atoms with Crippen LogP contribution in [0.25, 0.3) is 88.3 Å². The van der Waals surface area contributed by atoms with Gasteiger partial charge >= 0.3 is 0 Å². The molecule has 20 rings (SSSR count). The maximum Gasteiger partial charge on any atom is 0.227 e. The molecule has 20 nitrogen and oxygen atoms in total. The quantitative estimate of drug-likeness (QED) is 0.147. The van der Waals surface area contributed by atoms with E-state index in [0.717, 1.165) is 168 Å². The molecule has 4 aliphatic heterocycles. The Hall–Kier alpha value is -12.3. The molecule has 12 aromatic heterocycles. The molecule has 16 heterocycles. The number of anilines is 12. The van der Waals surface area contributed by atoms with Crippen molar-refractivity contribution in [1.82, 2.24) is 39.9 Å². The van der Waals surface area contributed by atoms with E-state index in [9.17, 15) is 0 Å². The zero-order valence-corrected chi connectivity index (χ0v) is 65.3. The molecule has 0 aliphatic carbocycles. The highest BCUT2D eigenvalue weighted by molar-refractivity contribution is 6.14. The van der Waals surface area contributed by atoms with Crippen LogP contribution in [0, 0.1) is 55.4 Å². The normalized spacial score (nSPS) is 17.8. The van der Waals surface area contributed by atoms with E-state index < -0.39 is 31.2 Å². The summed E-state index contributed by atoms with van der Waals surface area (Å²) < 4.78 is 75.3. The van der Waals surface area contributed by atoms with Crippen molar-refractivity contribution >= 4 is 157 Å². The molecule has 0 saturated heterocycles. The average molecular weight is 1470 g/mol. The van der Waals surface area contributed by atoms with Crippen LogP contribution in [0.15, 0.2) is 188 Å². The van der Waals surface area contributed by atoms with Crippen molar-refractivity contribution in [1.29, 1.82) is 0 Å². The SMILES string of the molecule is [2H]C(C)(C)N1c2cccnc2N(c2c(C)ccc3c2oc2nc(C)ccc23)C1C.[2H]C(C)(C)N1c2cccnc2N(c2c(C)ccc3c2oc2nc(C)ccc23)C1C.[2H]C(C)(C)N1c2ncccc2N(c2c(C)ccc3c2oc2nc(C)ccc23)C1C.[2H]C([2H])([2H])N1c2ncccc2N(c2c(C)ccc3c2oc2nc(C)ccc23)C1C. The Morgan fingerprint density at radius 1 is 0.309 bits per heavy atom. The fraction of sp³-hybridized carbons (Fsp3) is 0.289. The molecule has 0 saturated carbocycles. The second-order valence-corrected chi connectivity index (χ2v) is 29.8. The third-order valence-electron chi connectivity index (χ3n) is 21.7. The first-order valence-corrected chi connectivity index (χ1v) is 37.4. The largest absolute Gasteiger partial charge is 0.435 e. The second kappa shape index (κ2) is 27.1. The molecule has 4 atom stereocenters. The van der Waals surface area contributed by atoms with Crippen LogP contribution in [0.5, 0.6) is 0 Å². The molecule has 0 radical (unpaired) electrons. The topological polar surface area (TPSA) is 182 Å². The molecule has 0 spiro atoms. The number of rotatable bonds is 7. The minimum atomic E-state index is -2.31. The maximum atomic E-state index is 8.71. The zero-order chi connectivity index (χ0) is 82.0. The van der Waals surface area contributed by atoms with Gasteiger partial charge in [0.25, 0.3) is 0 Å². The molecule has 0 fully saturated rings. The lowest BCUT2D eigenvalue weighted by atomic mass is 10.1. The van der Waals surface area contributed by atoms with Crippen LogP contribution in [-0.2, 0) is 0 Å². The van der Waals surface area contributed by atoms with E-state index in [-0.39, 0.29) is 18.5 Å². The summed E-state index contributed by atoms with van der Waals surface area (Å²) >= 11 is 0. The van der Waals surface area contributed by atoms with Gasteiger partial charge in [0.15, 0.2) is 45.6 Å². The number of benzene rings is 4. The third kappa shape index (κ3) is 11.3. The number of hydrogen-bond donors (Lipinski definition) is 0. The van der Waals surface area contributed by atoms with Crippen LogP contribution in [0.1, 0.15) is 122 Å². The molecular formula is C90H92N16O4. The van der Waals surface area contributed by atoms with Crippen molar-refractivity contribution in [2.45, 2.75) is 167 Å². The van der Waals surface area contributed by atoms with Crippen molar-refractivity contribution in [3.63, 3.8) is 0 Å². The van der Waals surface area contributed by atoms with E-state index in [1.807, 2.05) is 178 Å². The van der Waals surface area contributed by atoms with E-state index in [1.54, 1.807) is 24.8 Å². The Bertz CT molecular complexity index is 5830. The first-order valence-electron chi connectivity index (χ1n) is 40.4. The summed E-state index contributed by atoms with van der Waals surface area (Å²) in [6, 6.07) is 46.2. The number of aromatic nitrogens is 8. The van der Waals surface area contributed by atoms with Crippen LogP contribution >= 0.6 is 0 Å². The Morgan fingerprint density at radius 2 is 0.582 bits per heavy atom. The van der Waals surface area contributed by atoms with Crippen molar-refractivity contribution in [3.05, 3.63) is 215 Å². The molecule has 0 bridgehead atoms. The summed E-state index contributed by atoms with van der Waals surface area (Å²) in [5, 5.41) is 8.07. The van der Waals surface area contributed by atoms with Gasteiger partial charge in [-0.3, -0.25) is 0 Å². The lowest BCUT2D eigenvalue weighted by Crippen LogP contribution is -2.42. The van der Waals surface area contributed by atoms with Crippen LogP contribution < -0.4 is 39.2 Å². The minimum Gasteiger partial charge on any atom is -0.435 e. The zero-order valence-electron chi connectivity index (χ0n) is 71.3. The van der Waals surface area contributed by atoms with Crippen LogP contribution in [0.3, 0.4) is 0 Å². The molecular weight excluding hydrogens is 1370 g/mol. The Labute approximate surface area is 648 Å². The van der Waals surface area contributed by atoms with E-state index >= 15 is 0 Å². The first kappa shape index (κ1) is 63.7. The number of aryl methyl sites for hydroxylation is 8. The monoisotopic (exact) mass is 1470 g/mol. The molecule has 556 valence electrons. The van der Waals surface area contributed by atoms with Gasteiger partial charge in [-0.2, -0.15) is 0 Å². The summed E-state index contributed by atoms with van der Waals surface area (Å²) in [5.41, 5.74) is 21.1.